The van der Waals surface area contributed by atoms with Gasteiger partial charge in [-0.05, 0) is 24.3 Å². The second-order valence-electron chi connectivity index (χ2n) is 7.12. The molecule has 0 aliphatic heterocycles. The van der Waals surface area contributed by atoms with Crippen LogP contribution in [0.5, 0.6) is 0 Å². The Hall–Kier alpha value is -2.77. The van der Waals surface area contributed by atoms with Crippen LogP contribution >= 0.6 is 0 Å². The Morgan fingerprint density at radius 1 is 0.941 bits per heavy atom. The van der Waals surface area contributed by atoms with Crippen molar-refractivity contribution in [1.82, 2.24) is 0 Å². The van der Waals surface area contributed by atoms with Crippen molar-refractivity contribution in [2.24, 2.45) is 0 Å². The average Bonchev–Trinajstić information content (AvgIpc) is 2.71. The van der Waals surface area contributed by atoms with E-state index in [-0.39, 0.29) is 48.2 Å². The summed E-state index contributed by atoms with van der Waals surface area (Å²) in [6.07, 6.45) is -4.90. The minimum atomic E-state index is -5.02. The number of nitrogen functional groups attached to an aromatic ring is 1. The average molecular weight is 504 g/mol. The Bertz CT molecular complexity index is 1480. The van der Waals surface area contributed by atoms with E-state index in [1.807, 2.05) is 0 Å². The number of rotatable bonds is 3. The summed E-state index contributed by atoms with van der Waals surface area (Å²) in [6.45, 7) is 0. The van der Waals surface area contributed by atoms with Crippen molar-refractivity contribution in [3.8, 4) is 0 Å². The van der Waals surface area contributed by atoms with Crippen LogP contribution in [0.1, 0.15) is 38.8 Å². The van der Waals surface area contributed by atoms with Crippen LogP contribution < -0.4 is 40.6 Å². The van der Waals surface area contributed by atoms with Crippen LogP contribution in [0.15, 0.2) is 53.4 Å². The number of halogens is 4. The Morgan fingerprint density at radius 2 is 1.50 bits per heavy atom. The van der Waals surface area contributed by atoms with E-state index in [1.165, 1.54) is 24.3 Å². The van der Waals surface area contributed by atoms with Gasteiger partial charge in [0.05, 0.1) is 28.1 Å². The molecule has 0 radical (unpaired) electrons. The maximum atomic E-state index is 13.9. The SMILES string of the molecule is Nc1c(S(=O)(=O)O)cc(Nc2cc(F)cc(C(F)(F)F)c2)c2c1C(=O)c1ccccc1C2=O.[H-].[Na+]. The van der Waals surface area contributed by atoms with Gasteiger partial charge in [0.15, 0.2) is 11.6 Å². The molecule has 0 bridgehead atoms. The third-order valence-corrected chi connectivity index (χ3v) is 5.88. The fourth-order valence-corrected chi connectivity index (χ4v) is 4.23. The third kappa shape index (κ3) is 4.46. The van der Waals surface area contributed by atoms with Crippen LogP contribution in [0.3, 0.4) is 0 Å². The van der Waals surface area contributed by atoms with Crippen LogP contribution in [0.25, 0.3) is 0 Å². The van der Waals surface area contributed by atoms with E-state index in [1.54, 1.807) is 0 Å². The van der Waals surface area contributed by atoms with Gasteiger partial charge in [0.2, 0.25) is 0 Å². The van der Waals surface area contributed by atoms with Gasteiger partial charge < -0.3 is 12.5 Å². The molecule has 0 amide bonds. The molecule has 0 unspecified atom stereocenters. The smallest absolute Gasteiger partial charge is 1.00 e. The van der Waals surface area contributed by atoms with Crippen molar-refractivity contribution >= 4 is 38.7 Å². The Balaban J connectivity index is 0.00000216. The van der Waals surface area contributed by atoms with Gasteiger partial charge in [-0.25, -0.2) is 4.39 Å². The molecule has 0 heterocycles. The van der Waals surface area contributed by atoms with Gasteiger partial charge in [0.25, 0.3) is 10.1 Å². The Labute approximate surface area is 213 Å². The summed E-state index contributed by atoms with van der Waals surface area (Å²) in [5, 5.41) is 2.36. The molecular weight excluding hydrogens is 491 g/mol. The van der Waals surface area contributed by atoms with E-state index in [4.69, 9.17) is 5.73 Å². The van der Waals surface area contributed by atoms with Crippen LogP contribution in [0, 0.1) is 5.82 Å². The molecule has 4 N–H and O–H groups in total. The summed E-state index contributed by atoms with van der Waals surface area (Å²) in [7, 11) is -5.02. The molecule has 1 aliphatic rings. The molecule has 0 atom stereocenters. The molecule has 0 spiro atoms. The second-order valence-corrected chi connectivity index (χ2v) is 8.51. The molecule has 0 saturated heterocycles. The molecule has 4 rings (SSSR count). The van der Waals surface area contributed by atoms with Gasteiger partial charge >= 0.3 is 35.7 Å². The minimum absolute atomic E-state index is 0. The van der Waals surface area contributed by atoms with Gasteiger partial charge in [-0.2, -0.15) is 21.6 Å². The first-order chi connectivity index (χ1) is 15.3. The van der Waals surface area contributed by atoms with Crippen molar-refractivity contribution in [3.63, 3.8) is 0 Å². The van der Waals surface area contributed by atoms with Crippen molar-refractivity contribution in [1.29, 1.82) is 0 Å². The second kappa shape index (κ2) is 8.78. The van der Waals surface area contributed by atoms with E-state index in [9.17, 15) is 40.1 Å². The van der Waals surface area contributed by atoms with Gasteiger partial charge in [0, 0.05) is 16.8 Å². The largest absolute Gasteiger partial charge is 1.00 e. The molecule has 1 aliphatic carbocycles. The molecule has 7 nitrogen and oxygen atoms in total. The molecule has 0 fully saturated rings. The number of nitrogens with two attached hydrogens (primary N) is 1. The zero-order valence-electron chi connectivity index (χ0n) is 18.2. The first-order valence-corrected chi connectivity index (χ1v) is 10.5. The van der Waals surface area contributed by atoms with Crippen LogP contribution in [-0.4, -0.2) is 24.5 Å². The first-order valence-electron chi connectivity index (χ1n) is 9.06. The maximum absolute atomic E-state index is 13.9. The van der Waals surface area contributed by atoms with Crippen molar-refractivity contribution in [3.05, 3.63) is 82.2 Å². The minimum Gasteiger partial charge on any atom is -1.00 e. The molecule has 34 heavy (non-hydrogen) atoms. The van der Waals surface area contributed by atoms with Gasteiger partial charge in [-0.3, -0.25) is 14.1 Å². The quantitative estimate of drug-likeness (QED) is 0.166. The van der Waals surface area contributed by atoms with E-state index in [2.05, 4.69) is 5.32 Å². The number of fused-ring (bicyclic) bond motifs is 2. The number of nitrogens with one attached hydrogen (secondary N) is 1. The van der Waals surface area contributed by atoms with Gasteiger partial charge in [-0.15, -0.1) is 0 Å². The summed E-state index contributed by atoms with van der Waals surface area (Å²) in [6, 6.07) is 7.73. The van der Waals surface area contributed by atoms with Crippen LogP contribution in [0.2, 0.25) is 0 Å². The van der Waals surface area contributed by atoms with Gasteiger partial charge in [0.1, 0.15) is 10.7 Å². The molecule has 0 saturated carbocycles. The number of benzene rings is 3. The van der Waals surface area contributed by atoms with Gasteiger partial charge in [-0.1, -0.05) is 24.3 Å². The number of hydrogen-bond donors (Lipinski definition) is 3. The van der Waals surface area contributed by atoms with E-state index < -0.39 is 72.3 Å². The third-order valence-electron chi connectivity index (χ3n) is 4.98. The molecular formula is C21H13F4N2NaO5S. The predicted molar refractivity (Wildman–Crippen MR) is 110 cm³/mol. The summed E-state index contributed by atoms with van der Waals surface area (Å²) >= 11 is 0. The Morgan fingerprint density at radius 3 is 2.03 bits per heavy atom. The topological polar surface area (TPSA) is 127 Å². The summed E-state index contributed by atoms with van der Waals surface area (Å²) in [4.78, 5) is 25.3. The van der Waals surface area contributed by atoms with Crippen molar-refractivity contribution in [2.75, 3.05) is 11.1 Å². The van der Waals surface area contributed by atoms with Crippen LogP contribution in [-0.2, 0) is 16.3 Å². The molecule has 3 aromatic carbocycles. The summed E-state index contributed by atoms with van der Waals surface area (Å²) in [5.41, 5.74) is 1.70. The number of carbonyl (C=O) groups excluding carboxylic acids is 2. The van der Waals surface area contributed by atoms with Crippen LogP contribution in [0.4, 0.5) is 34.6 Å². The predicted octanol–water partition coefficient (Wildman–Crippen LogP) is 1.31. The molecule has 13 heteroatoms. The van der Waals surface area contributed by atoms with E-state index in [0.717, 1.165) is 0 Å². The van der Waals surface area contributed by atoms with E-state index in [0.29, 0.717) is 18.2 Å². The normalized spacial score (nSPS) is 13.1. The number of ketones is 2. The summed E-state index contributed by atoms with van der Waals surface area (Å²) < 4.78 is 86.4. The number of hydrogen-bond acceptors (Lipinski definition) is 6. The molecule has 3 aromatic rings. The fourth-order valence-electron chi connectivity index (χ4n) is 3.59. The standard InChI is InChI=1S/C21H12F4N2O5S.Na.H/c22-10-5-9(21(23,24)25)6-11(7-10)27-14-8-15(33(30,31)32)18(26)17-16(14)19(28)12-3-1-2-4-13(12)20(17)29;;/h1-8,27H,26H2,(H,30,31,32);;/q;+1;-1. The molecule has 172 valence electrons. The Kier molecular flexibility index (Phi) is 6.68. The zero-order chi connectivity index (χ0) is 24.3. The van der Waals surface area contributed by atoms with Crippen molar-refractivity contribution < 1.29 is 71.1 Å². The van der Waals surface area contributed by atoms with Crippen molar-refractivity contribution in [2.45, 2.75) is 11.1 Å². The number of carbonyl (C=O) groups is 2. The fraction of sp³-hybridized carbons (Fsp3) is 0.0476. The maximum Gasteiger partial charge on any atom is 1.00 e. The molecule has 0 aromatic heterocycles. The number of alkyl halides is 3. The first kappa shape index (κ1) is 25.8. The summed E-state index contributed by atoms with van der Waals surface area (Å²) in [5.74, 6) is -2.87. The van der Waals surface area contributed by atoms with E-state index >= 15 is 0 Å². The monoisotopic (exact) mass is 504 g/mol. The zero-order valence-corrected chi connectivity index (χ0v) is 20.0. The number of anilines is 3.